The lowest BCUT2D eigenvalue weighted by Crippen LogP contribution is -2.43. The normalized spacial score (nSPS) is 16.8. The Hall–Kier alpha value is -2.11. The molecule has 27 heavy (non-hydrogen) atoms. The summed E-state index contributed by atoms with van der Waals surface area (Å²) < 4.78 is 0. The predicted molar refractivity (Wildman–Crippen MR) is 108 cm³/mol. The average molecular weight is 388 g/mol. The maximum absolute atomic E-state index is 12.1. The highest BCUT2D eigenvalue weighted by atomic mass is 35.5. The Morgan fingerprint density at radius 3 is 2.52 bits per heavy atom. The van der Waals surface area contributed by atoms with E-state index >= 15 is 0 Å². The van der Waals surface area contributed by atoms with Crippen LogP contribution in [-0.2, 0) is 6.42 Å². The average Bonchev–Trinajstić information content (AvgIpc) is 2.66. The van der Waals surface area contributed by atoms with Crippen molar-refractivity contribution in [3.05, 3.63) is 69.1 Å². The number of piperidine rings is 1. The van der Waals surface area contributed by atoms with Crippen molar-refractivity contribution in [2.75, 3.05) is 26.2 Å². The van der Waals surface area contributed by atoms with Crippen LogP contribution >= 0.6 is 11.6 Å². The van der Waals surface area contributed by atoms with Crippen LogP contribution in [0.25, 0.3) is 0 Å². The number of nitrogens with zero attached hydrogens (tertiary/aromatic N) is 1. The van der Waals surface area contributed by atoms with Gasteiger partial charge in [0.15, 0.2) is 0 Å². The Bertz CT molecular complexity index is 804. The lowest BCUT2D eigenvalue weighted by atomic mass is 9.75. The number of pyridine rings is 1. The Kier molecular flexibility index (Phi) is 6.34. The van der Waals surface area contributed by atoms with E-state index in [1.807, 2.05) is 12.1 Å². The lowest BCUT2D eigenvalue weighted by molar-refractivity contribution is 0.0926. The van der Waals surface area contributed by atoms with Crippen LogP contribution < -0.4 is 10.9 Å². The summed E-state index contributed by atoms with van der Waals surface area (Å²) in [5.74, 6) is -0.157. The van der Waals surface area contributed by atoms with Gasteiger partial charge < -0.3 is 15.2 Å². The van der Waals surface area contributed by atoms with Gasteiger partial charge in [0.05, 0.1) is 5.56 Å². The highest BCUT2D eigenvalue weighted by molar-refractivity contribution is 6.30. The first-order valence-corrected chi connectivity index (χ1v) is 9.75. The molecule has 1 aliphatic heterocycles. The van der Waals surface area contributed by atoms with Crippen LogP contribution in [0.5, 0.6) is 0 Å². The van der Waals surface area contributed by atoms with Crippen LogP contribution in [0.2, 0.25) is 5.02 Å². The summed E-state index contributed by atoms with van der Waals surface area (Å²) in [7, 11) is 0. The Morgan fingerprint density at radius 1 is 1.19 bits per heavy atom. The van der Waals surface area contributed by atoms with Gasteiger partial charge in [-0.25, -0.2) is 0 Å². The molecule has 144 valence electrons. The van der Waals surface area contributed by atoms with Gasteiger partial charge in [0.1, 0.15) is 0 Å². The highest BCUT2D eigenvalue weighted by Gasteiger charge is 2.30. The minimum absolute atomic E-state index is 0.157. The monoisotopic (exact) mass is 387 g/mol. The number of hydrogen-bond acceptors (Lipinski definition) is 3. The summed E-state index contributed by atoms with van der Waals surface area (Å²) in [6.07, 6.45) is 4.80. The van der Waals surface area contributed by atoms with E-state index in [1.54, 1.807) is 0 Å². The number of carbonyl (C=O) groups is 1. The van der Waals surface area contributed by atoms with Gasteiger partial charge >= 0.3 is 0 Å². The molecule has 3 rings (SSSR count). The number of aromatic amines is 1. The van der Waals surface area contributed by atoms with E-state index in [4.69, 9.17) is 11.6 Å². The molecule has 1 aromatic heterocycles. The zero-order chi connectivity index (χ0) is 19.3. The largest absolute Gasteiger partial charge is 0.351 e. The van der Waals surface area contributed by atoms with Gasteiger partial charge in [0.2, 0.25) is 5.56 Å². The zero-order valence-electron chi connectivity index (χ0n) is 15.6. The molecule has 1 saturated heterocycles. The predicted octanol–water partition coefficient (Wildman–Crippen LogP) is 3.10. The molecule has 0 spiro atoms. The molecule has 0 unspecified atom stereocenters. The molecule has 0 radical (unpaired) electrons. The van der Waals surface area contributed by atoms with E-state index in [9.17, 15) is 9.59 Å². The fourth-order valence-electron chi connectivity index (χ4n) is 3.57. The van der Waals surface area contributed by atoms with Crippen molar-refractivity contribution in [3.63, 3.8) is 0 Å². The molecule has 0 bridgehead atoms. The summed E-state index contributed by atoms with van der Waals surface area (Å²) in [5.41, 5.74) is 1.91. The van der Waals surface area contributed by atoms with Crippen molar-refractivity contribution in [1.29, 1.82) is 0 Å². The Morgan fingerprint density at radius 2 is 1.89 bits per heavy atom. The van der Waals surface area contributed by atoms with E-state index in [-0.39, 0.29) is 11.5 Å². The van der Waals surface area contributed by atoms with Crippen LogP contribution in [0.3, 0.4) is 0 Å². The number of halogens is 1. The summed E-state index contributed by atoms with van der Waals surface area (Å²) >= 11 is 5.97. The van der Waals surface area contributed by atoms with E-state index in [0.29, 0.717) is 17.5 Å². The molecule has 1 fully saturated rings. The summed E-state index contributed by atoms with van der Waals surface area (Å²) in [6.45, 7) is 5.88. The fraction of sp³-hybridized carbons (Fsp3) is 0.429. The van der Waals surface area contributed by atoms with Gasteiger partial charge in [-0.05, 0) is 61.5 Å². The molecule has 0 aliphatic carbocycles. The molecule has 0 saturated carbocycles. The van der Waals surface area contributed by atoms with Gasteiger partial charge in [0, 0.05) is 30.4 Å². The third kappa shape index (κ3) is 5.68. The third-order valence-electron chi connectivity index (χ3n) is 5.37. The fourth-order valence-corrected chi connectivity index (χ4v) is 3.70. The Balaban J connectivity index is 1.41. The molecule has 0 atom stereocenters. The van der Waals surface area contributed by atoms with Crippen molar-refractivity contribution >= 4 is 17.5 Å². The number of H-pyrrole nitrogens is 1. The summed E-state index contributed by atoms with van der Waals surface area (Å²) in [5, 5.41) is 3.70. The first-order chi connectivity index (χ1) is 12.9. The van der Waals surface area contributed by atoms with Crippen molar-refractivity contribution < 1.29 is 4.79 Å². The van der Waals surface area contributed by atoms with Gasteiger partial charge in [0.25, 0.3) is 5.91 Å². The topological polar surface area (TPSA) is 65.2 Å². The molecule has 2 aromatic rings. The molecule has 1 aromatic carbocycles. The maximum Gasteiger partial charge on any atom is 0.252 e. The third-order valence-corrected chi connectivity index (χ3v) is 5.62. The number of carbonyl (C=O) groups excluding carboxylic acids is 1. The molecule has 2 heterocycles. The van der Waals surface area contributed by atoms with Crippen molar-refractivity contribution in [3.8, 4) is 0 Å². The quantitative estimate of drug-likeness (QED) is 0.800. The number of amides is 1. The minimum atomic E-state index is -0.207. The number of likely N-dealkylation sites (tertiary alicyclic amines) is 1. The number of aromatic nitrogens is 1. The van der Waals surface area contributed by atoms with Gasteiger partial charge in [-0.2, -0.15) is 0 Å². The number of rotatable bonds is 6. The molecule has 1 amide bonds. The minimum Gasteiger partial charge on any atom is -0.351 e. The van der Waals surface area contributed by atoms with E-state index in [1.165, 1.54) is 23.9 Å². The van der Waals surface area contributed by atoms with Crippen LogP contribution in [0, 0.1) is 5.41 Å². The van der Waals surface area contributed by atoms with E-state index in [0.717, 1.165) is 43.9 Å². The van der Waals surface area contributed by atoms with E-state index < -0.39 is 0 Å². The lowest BCUT2D eigenvalue weighted by Gasteiger charge is -2.39. The smallest absolute Gasteiger partial charge is 0.252 e. The van der Waals surface area contributed by atoms with Crippen LogP contribution in [0.4, 0.5) is 0 Å². The van der Waals surface area contributed by atoms with Gasteiger partial charge in [-0.15, -0.1) is 0 Å². The number of benzene rings is 1. The number of hydrogen-bond donors (Lipinski definition) is 2. The standard InChI is InChI=1S/C21H26ClN3O2/c1-21(14-16-2-5-18(22)6-3-16)8-11-25(12-9-21)13-10-23-20(27)17-4-7-19(26)24-15-17/h2-7,15H,8-14H2,1H3,(H,23,27)(H,24,26). The summed E-state index contributed by atoms with van der Waals surface area (Å²) in [6, 6.07) is 11.1. The molecule has 5 nitrogen and oxygen atoms in total. The molecule has 1 aliphatic rings. The maximum atomic E-state index is 12.1. The van der Waals surface area contributed by atoms with Gasteiger partial charge in [-0.3, -0.25) is 9.59 Å². The van der Waals surface area contributed by atoms with Crippen LogP contribution in [0.15, 0.2) is 47.4 Å². The van der Waals surface area contributed by atoms with Gasteiger partial charge in [-0.1, -0.05) is 30.7 Å². The zero-order valence-corrected chi connectivity index (χ0v) is 16.4. The van der Waals surface area contributed by atoms with Crippen molar-refractivity contribution in [2.45, 2.75) is 26.2 Å². The van der Waals surface area contributed by atoms with E-state index in [2.05, 4.69) is 34.3 Å². The molecule has 2 N–H and O–H groups in total. The second-order valence-electron chi connectivity index (χ2n) is 7.65. The second-order valence-corrected chi connectivity index (χ2v) is 8.09. The SMILES string of the molecule is CC1(Cc2ccc(Cl)cc2)CCN(CCNC(=O)c2ccc(=O)[nH]c2)CC1. The number of nitrogens with one attached hydrogen (secondary N) is 2. The van der Waals surface area contributed by atoms with Crippen LogP contribution in [0.1, 0.15) is 35.7 Å². The first-order valence-electron chi connectivity index (χ1n) is 9.37. The first kappa shape index (κ1) is 19.6. The van der Waals surface area contributed by atoms with Crippen molar-refractivity contribution in [1.82, 2.24) is 15.2 Å². The van der Waals surface area contributed by atoms with Crippen molar-refractivity contribution in [2.24, 2.45) is 5.41 Å². The molecular formula is C21H26ClN3O2. The highest BCUT2D eigenvalue weighted by Crippen LogP contribution is 2.34. The second kappa shape index (κ2) is 8.72. The molecule has 6 heteroatoms. The van der Waals surface area contributed by atoms with Crippen LogP contribution in [-0.4, -0.2) is 42.0 Å². The Labute approximate surface area is 164 Å². The molecular weight excluding hydrogens is 362 g/mol. The summed E-state index contributed by atoms with van der Waals surface area (Å²) in [4.78, 5) is 28.0.